The summed E-state index contributed by atoms with van der Waals surface area (Å²) in [6.45, 7) is 6.13. The van der Waals surface area contributed by atoms with Crippen LogP contribution in [0, 0.1) is 5.92 Å². The van der Waals surface area contributed by atoms with E-state index in [0.717, 1.165) is 19.4 Å². The molecule has 1 heterocycles. The van der Waals surface area contributed by atoms with E-state index in [1.54, 1.807) is 4.31 Å². The van der Waals surface area contributed by atoms with Crippen LogP contribution in [-0.4, -0.2) is 56.6 Å². The Balaban J connectivity index is 2.66. The Hall–Kier alpha value is -0.130. The molecule has 1 fully saturated rings. The summed E-state index contributed by atoms with van der Waals surface area (Å²) >= 11 is 0. The molecule has 0 aromatic rings. The Kier molecular flexibility index (Phi) is 5.41. The zero-order valence-electron chi connectivity index (χ0n) is 11.5. The standard InChI is InChI=1S/C12H26N2O2S/c1-5-11(2)17(15,16)14-8-6-7-12(10-14)9-13(3)4/h11-12H,5-10H2,1-4H3. The van der Waals surface area contributed by atoms with Gasteiger partial charge in [0.2, 0.25) is 10.0 Å². The van der Waals surface area contributed by atoms with Crippen molar-refractivity contribution in [3.8, 4) is 0 Å². The lowest BCUT2D eigenvalue weighted by Crippen LogP contribution is -2.45. The summed E-state index contributed by atoms with van der Waals surface area (Å²) in [5, 5.41) is -0.249. The van der Waals surface area contributed by atoms with Crippen molar-refractivity contribution in [3.63, 3.8) is 0 Å². The van der Waals surface area contributed by atoms with Gasteiger partial charge in [-0.3, -0.25) is 0 Å². The molecule has 0 spiro atoms. The van der Waals surface area contributed by atoms with Gasteiger partial charge in [0, 0.05) is 19.6 Å². The van der Waals surface area contributed by atoms with E-state index in [0.29, 0.717) is 25.4 Å². The van der Waals surface area contributed by atoms with E-state index in [2.05, 4.69) is 4.90 Å². The number of hydrogen-bond donors (Lipinski definition) is 0. The lowest BCUT2D eigenvalue weighted by atomic mass is 9.99. The molecule has 5 heteroatoms. The second-order valence-corrected chi connectivity index (χ2v) is 7.74. The van der Waals surface area contributed by atoms with Crippen molar-refractivity contribution in [2.75, 3.05) is 33.7 Å². The number of nitrogens with zero attached hydrogens (tertiary/aromatic N) is 2. The van der Waals surface area contributed by atoms with Gasteiger partial charge >= 0.3 is 0 Å². The molecule has 0 saturated carbocycles. The first-order valence-corrected chi connectivity index (χ1v) is 8.02. The van der Waals surface area contributed by atoms with Crippen molar-refractivity contribution in [1.82, 2.24) is 9.21 Å². The molecular formula is C12H26N2O2S. The molecule has 1 aliphatic rings. The Morgan fingerprint density at radius 1 is 1.41 bits per heavy atom. The highest BCUT2D eigenvalue weighted by atomic mass is 32.2. The van der Waals surface area contributed by atoms with Gasteiger partial charge in [0.1, 0.15) is 0 Å². The highest BCUT2D eigenvalue weighted by Crippen LogP contribution is 2.22. The number of sulfonamides is 1. The van der Waals surface area contributed by atoms with E-state index in [1.807, 2.05) is 27.9 Å². The third-order valence-corrected chi connectivity index (χ3v) is 5.95. The first-order chi connectivity index (χ1) is 7.87. The van der Waals surface area contributed by atoms with Gasteiger partial charge in [0.25, 0.3) is 0 Å². The SMILES string of the molecule is CCC(C)S(=O)(=O)N1CCCC(CN(C)C)C1. The number of hydrogen-bond acceptors (Lipinski definition) is 3. The molecule has 2 unspecified atom stereocenters. The Labute approximate surface area is 106 Å². The van der Waals surface area contributed by atoms with Gasteiger partial charge < -0.3 is 4.90 Å². The van der Waals surface area contributed by atoms with Crippen molar-refractivity contribution in [3.05, 3.63) is 0 Å². The molecule has 17 heavy (non-hydrogen) atoms. The second kappa shape index (κ2) is 6.16. The van der Waals surface area contributed by atoms with Crippen LogP contribution in [0.3, 0.4) is 0 Å². The van der Waals surface area contributed by atoms with Crippen LogP contribution in [0.15, 0.2) is 0 Å². The van der Waals surface area contributed by atoms with Crippen molar-refractivity contribution < 1.29 is 8.42 Å². The van der Waals surface area contributed by atoms with Crippen molar-refractivity contribution in [1.29, 1.82) is 0 Å². The Bertz CT molecular complexity index is 327. The third kappa shape index (κ3) is 3.93. The maximum atomic E-state index is 12.3. The van der Waals surface area contributed by atoms with Gasteiger partial charge in [-0.25, -0.2) is 12.7 Å². The van der Waals surface area contributed by atoms with Crippen LogP contribution in [0.1, 0.15) is 33.1 Å². The molecular weight excluding hydrogens is 236 g/mol. The molecule has 0 bridgehead atoms. The maximum Gasteiger partial charge on any atom is 0.216 e. The van der Waals surface area contributed by atoms with Gasteiger partial charge in [-0.05, 0) is 46.2 Å². The fraction of sp³-hybridized carbons (Fsp3) is 1.00. The number of piperidine rings is 1. The third-order valence-electron chi connectivity index (χ3n) is 3.55. The summed E-state index contributed by atoms with van der Waals surface area (Å²) in [4.78, 5) is 2.14. The summed E-state index contributed by atoms with van der Waals surface area (Å²) in [7, 11) is 1.02. The summed E-state index contributed by atoms with van der Waals surface area (Å²) in [5.41, 5.74) is 0. The van der Waals surface area contributed by atoms with Crippen molar-refractivity contribution in [2.45, 2.75) is 38.4 Å². The molecule has 1 aliphatic heterocycles. The molecule has 0 amide bonds. The lowest BCUT2D eigenvalue weighted by Gasteiger charge is -2.34. The molecule has 1 saturated heterocycles. The van der Waals surface area contributed by atoms with Gasteiger partial charge in [-0.1, -0.05) is 6.92 Å². The minimum Gasteiger partial charge on any atom is -0.309 e. The number of rotatable bonds is 5. The zero-order chi connectivity index (χ0) is 13.1. The van der Waals surface area contributed by atoms with Crippen molar-refractivity contribution >= 4 is 10.0 Å². The highest BCUT2D eigenvalue weighted by Gasteiger charge is 2.32. The van der Waals surface area contributed by atoms with Crippen molar-refractivity contribution in [2.24, 2.45) is 5.92 Å². The van der Waals surface area contributed by atoms with Crippen LogP contribution >= 0.6 is 0 Å². The molecule has 102 valence electrons. The maximum absolute atomic E-state index is 12.3. The predicted molar refractivity (Wildman–Crippen MR) is 71.5 cm³/mol. The minimum atomic E-state index is -3.07. The summed E-state index contributed by atoms with van der Waals surface area (Å²) in [5.74, 6) is 0.484. The van der Waals surface area contributed by atoms with E-state index in [4.69, 9.17) is 0 Å². The Morgan fingerprint density at radius 2 is 2.06 bits per heavy atom. The highest BCUT2D eigenvalue weighted by molar-refractivity contribution is 7.89. The summed E-state index contributed by atoms with van der Waals surface area (Å²) in [6, 6.07) is 0. The molecule has 1 rings (SSSR count). The van der Waals surface area contributed by atoms with Crippen LogP contribution in [0.5, 0.6) is 0 Å². The largest absolute Gasteiger partial charge is 0.309 e. The molecule has 4 nitrogen and oxygen atoms in total. The molecule has 0 aliphatic carbocycles. The van der Waals surface area contributed by atoms with Crippen LogP contribution in [0.25, 0.3) is 0 Å². The lowest BCUT2D eigenvalue weighted by molar-refractivity contribution is 0.217. The van der Waals surface area contributed by atoms with Crippen LogP contribution in [0.4, 0.5) is 0 Å². The summed E-state index contributed by atoms with van der Waals surface area (Å²) in [6.07, 6.45) is 2.83. The fourth-order valence-electron chi connectivity index (χ4n) is 2.39. The second-order valence-electron chi connectivity index (χ2n) is 5.39. The van der Waals surface area contributed by atoms with E-state index in [1.165, 1.54) is 0 Å². The van der Waals surface area contributed by atoms with Crippen LogP contribution in [-0.2, 0) is 10.0 Å². The summed E-state index contributed by atoms with van der Waals surface area (Å²) < 4.78 is 26.2. The molecule has 2 atom stereocenters. The van der Waals surface area contributed by atoms with E-state index >= 15 is 0 Å². The molecule has 0 aromatic carbocycles. The van der Waals surface area contributed by atoms with Crippen LogP contribution in [0.2, 0.25) is 0 Å². The van der Waals surface area contributed by atoms with Crippen LogP contribution < -0.4 is 0 Å². The molecule has 0 radical (unpaired) electrons. The normalized spacial score (nSPS) is 25.1. The van der Waals surface area contributed by atoms with Gasteiger partial charge in [-0.2, -0.15) is 0 Å². The topological polar surface area (TPSA) is 40.6 Å². The van der Waals surface area contributed by atoms with Gasteiger partial charge in [0.05, 0.1) is 5.25 Å². The van der Waals surface area contributed by atoms with E-state index < -0.39 is 10.0 Å². The van der Waals surface area contributed by atoms with E-state index in [9.17, 15) is 8.42 Å². The van der Waals surface area contributed by atoms with Gasteiger partial charge in [0.15, 0.2) is 0 Å². The monoisotopic (exact) mass is 262 g/mol. The smallest absolute Gasteiger partial charge is 0.216 e. The average molecular weight is 262 g/mol. The molecule has 0 N–H and O–H groups in total. The Morgan fingerprint density at radius 3 is 2.59 bits per heavy atom. The van der Waals surface area contributed by atoms with Gasteiger partial charge in [-0.15, -0.1) is 0 Å². The predicted octanol–water partition coefficient (Wildman–Crippen LogP) is 1.39. The quantitative estimate of drug-likeness (QED) is 0.752. The first kappa shape index (κ1) is 14.9. The fourth-order valence-corrected chi connectivity index (χ4v) is 4.12. The van der Waals surface area contributed by atoms with E-state index in [-0.39, 0.29) is 5.25 Å². The average Bonchev–Trinajstić information content (AvgIpc) is 2.27. The first-order valence-electron chi connectivity index (χ1n) is 6.51. The zero-order valence-corrected chi connectivity index (χ0v) is 12.3. The minimum absolute atomic E-state index is 0.249. The molecule has 0 aromatic heterocycles.